The number of rotatable bonds is 4. The first kappa shape index (κ1) is 25.2. The molecule has 2 aliphatic rings. The van der Waals surface area contributed by atoms with Gasteiger partial charge in [0.15, 0.2) is 11.9 Å². The monoisotopic (exact) mass is 528 g/mol. The Morgan fingerprint density at radius 3 is 2.24 bits per heavy atom. The van der Waals surface area contributed by atoms with Crippen LogP contribution in [0.4, 0.5) is 8.78 Å². The van der Waals surface area contributed by atoms with Gasteiger partial charge in [-0.05, 0) is 23.6 Å². The molecule has 0 amide bonds. The van der Waals surface area contributed by atoms with Crippen molar-refractivity contribution in [3.63, 3.8) is 0 Å². The number of fused-ring (bicyclic) bond motifs is 2. The van der Waals surface area contributed by atoms with Crippen molar-refractivity contribution in [3.05, 3.63) is 71.8 Å². The molecule has 3 aromatic carbocycles. The van der Waals surface area contributed by atoms with Gasteiger partial charge < -0.3 is 24.3 Å². The maximum absolute atomic E-state index is 15.4. The summed E-state index contributed by atoms with van der Waals surface area (Å²) in [5.74, 6) is -1.47. The van der Waals surface area contributed by atoms with Crippen molar-refractivity contribution in [3.8, 4) is 28.3 Å². The molecular weight excluding hydrogens is 506 g/mol. The molecule has 0 spiro atoms. The van der Waals surface area contributed by atoms with Crippen molar-refractivity contribution in [2.75, 3.05) is 13.2 Å². The fourth-order valence-electron chi connectivity index (χ4n) is 4.64. The van der Waals surface area contributed by atoms with Crippen molar-refractivity contribution >= 4 is 22.6 Å². The van der Waals surface area contributed by atoms with E-state index in [1.807, 2.05) is 43.3 Å². The first-order valence-corrected chi connectivity index (χ1v) is 12.1. The van der Waals surface area contributed by atoms with E-state index in [-0.39, 0.29) is 35.8 Å². The summed E-state index contributed by atoms with van der Waals surface area (Å²) in [6.45, 7) is 2.39. The molecule has 6 rings (SSSR count). The Balaban J connectivity index is 0.000000892. The molecule has 2 saturated heterocycles. The minimum absolute atomic E-state index is 0.0168. The smallest absolute Gasteiger partial charge is 0.335 e. The Kier molecular flexibility index (Phi) is 7.11. The first-order valence-electron chi connectivity index (χ1n) is 11.4. The van der Waals surface area contributed by atoms with E-state index in [0.29, 0.717) is 5.56 Å². The standard InChI is InChI=1S/C26H22F2N2O4.O2S/c1-13-2-4-14(5-3-13)15-6-8-16(9-7-15)21-17(27)10-18-23(22(21)28)30-26(29-18)34-20-12-33-24-19(31)11-32-25(20)24;1-3-2/h2-10,19-20,24-25,31H,11-12H2,1H3,(H,29,30);/t19-,20+,24+,25+;/m1./s1. The van der Waals surface area contributed by atoms with Crippen LogP contribution in [0.1, 0.15) is 5.56 Å². The number of aromatic amines is 1. The summed E-state index contributed by atoms with van der Waals surface area (Å²) < 4.78 is 63.9. The normalized spacial score (nSPS) is 22.4. The molecule has 0 saturated carbocycles. The topological polar surface area (TPSA) is 111 Å². The number of ether oxygens (including phenoxy) is 3. The molecule has 4 atom stereocenters. The Morgan fingerprint density at radius 1 is 0.973 bits per heavy atom. The Morgan fingerprint density at radius 2 is 1.57 bits per heavy atom. The van der Waals surface area contributed by atoms with Crippen LogP contribution in [0.15, 0.2) is 54.6 Å². The maximum atomic E-state index is 15.4. The third kappa shape index (κ3) is 4.90. The molecule has 4 aromatic rings. The van der Waals surface area contributed by atoms with Crippen LogP contribution in [0.5, 0.6) is 6.01 Å². The van der Waals surface area contributed by atoms with E-state index >= 15 is 4.39 Å². The fourth-order valence-corrected chi connectivity index (χ4v) is 4.64. The molecule has 192 valence electrons. The summed E-state index contributed by atoms with van der Waals surface area (Å²) in [4.78, 5) is 7.04. The summed E-state index contributed by atoms with van der Waals surface area (Å²) in [6, 6.07) is 16.4. The number of hydrogen-bond donors (Lipinski definition) is 2. The van der Waals surface area contributed by atoms with Crippen molar-refractivity contribution in [1.29, 1.82) is 0 Å². The molecule has 2 aliphatic heterocycles. The van der Waals surface area contributed by atoms with Crippen LogP contribution in [-0.4, -0.2) is 61.1 Å². The lowest BCUT2D eigenvalue weighted by Gasteiger charge is -2.15. The van der Waals surface area contributed by atoms with Crippen LogP contribution in [0, 0.1) is 18.6 Å². The number of aryl methyl sites for hydroxylation is 1. The van der Waals surface area contributed by atoms with Gasteiger partial charge in [-0.2, -0.15) is 13.4 Å². The molecule has 3 heterocycles. The zero-order valence-electron chi connectivity index (χ0n) is 19.5. The fraction of sp³-hybridized carbons (Fsp3) is 0.269. The molecule has 0 bridgehead atoms. The van der Waals surface area contributed by atoms with E-state index in [4.69, 9.17) is 22.6 Å². The molecule has 8 nitrogen and oxygen atoms in total. The zero-order chi connectivity index (χ0) is 26.1. The average Bonchev–Trinajstić information content (AvgIpc) is 3.58. The summed E-state index contributed by atoms with van der Waals surface area (Å²) in [5.41, 5.74) is 3.58. The summed E-state index contributed by atoms with van der Waals surface area (Å²) in [7, 11) is 0. The van der Waals surface area contributed by atoms with Gasteiger partial charge in [-0.1, -0.05) is 54.1 Å². The lowest BCUT2D eigenvalue weighted by Crippen LogP contribution is -2.34. The number of aliphatic hydroxyl groups excluding tert-OH is 1. The molecule has 37 heavy (non-hydrogen) atoms. The van der Waals surface area contributed by atoms with Gasteiger partial charge in [0.1, 0.15) is 29.6 Å². The quantitative estimate of drug-likeness (QED) is 0.415. The van der Waals surface area contributed by atoms with E-state index in [0.717, 1.165) is 16.7 Å². The molecular formula is C26H22F2N2O6S. The van der Waals surface area contributed by atoms with Crippen LogP contribution in [0.3, 0.4) is 0 Å². The highest BCUT2D eigenvalue weighted by Crippen LogP contribution is 2.34. The van der Waals surface area contributed by atoms with Gasteiger partial charge in [-0.25, -0.2) is 8.78 Å². The van der Waals surface area contributed by atoms with Crippen LogP contribution in [0.2, 0.25) is 0 Å². The van der Waals surface area contributed by atoms with Gasteiger partial charge in [-0.3, -0.25) is 0 Å². The van der Waals surface area contributed by atoms with Gasteiger partial charge >= 0.3 is 11.6 Å². The second-order valence-electron chi connectivity index (χ2n) is 8.82. The lowest BCUT2D eigenvalue weighted by atomic mass is 9.99. The first-order chi connectivity index (χ1) is 17.9. The second kappa shape index (κ2) is 10.5. The van der Waals surface area contributed by atoms with E-state index in [2.05, 4.69) is 9.97 Å². The predicted molar refractivity (Wildman–Crippen MR) is 130 cm³/mol. The highest BCUT2D eigenvalue weighted by atomic mass is 32.1. The molecule has 0 unspecified atom stereocenters. The van der Waals surface area contributed by atoms with Crippen molar-refractivity contribution in [1.82, 2.24) is 9.97 Å². The van der Waals surface area contributed by atoms with Gasteiger partial charge in [0.25, 0.3) is 6.01 Å². The van der Waals surface area contributed by atoms with Crippen LogP contribution < -0.4 is 4.74 Å². The van der Waals surface area contributed by atoms with Gasteiger partial charge in [-0.15, -0.1) is 0 Å². The number of aromatic nitrogens is 2. The summed E-state index contributed by atoms with van der Waals surface area (Å²) in [5, 5.41) is 9.88. The molecule has 0 radical (unpaired) electrons. The Bertz CT molecular complexity index is 1450. The van der Waals surface area contributed by atoms with Crippen LogP contribution in [-0.2, 0) is 21.0 Å². The molecule has 0 aliphatic carbocycles. The highest BCUT2D eigenvalue weighted by Gasteiger charge is 2.48. The van der Waals surface area contributed by atoms with Crippen LogP contribution in [0.25, 0.3) is 33.3 Å². The average molecular weight is 529 g/mol. The second-order valence-corrected chi connectivity index (χ2v) is 8.95. The van der Waals surface area contributed by atoms with Gasteiger partial charge in [0, 0.05) is 6.07 Å². The number of halogens is 2. The number of H-pyrrole nitrogens is 1. The number of nitrogens with zero attached hydrogens (tertiary/aromatic N) is 1. The Hall–Kier alpha value is -3.51. The minimum Gasteiger partial charge on any atom is -0.456 e. The van der Waals surface area contributed by atoms with Gasteiger partial charge in [0.05, 0.1) is 24.3 Å². The van der Waals surface area contributed by atoms with Crippen LogP contribution >= 0.6 is 0 Å². The third-order valence-electron chi connectivity index (χ3n) is 6.45. The molecule has 2 fully saturated rings. The molecule has 2 N–H and O–H groups in total. The summed E-state index contributed by atoms with van der Waals surface area (Å²) >= 11 is -0.750. The van der Waals surface area contributed by atoms with E-state index < -0.39 is 47.6 Å². The SMILES string of the molecule is Cc1ccc(-c2ccc(-c3c(F)cc4[nH]c(O[C@H]5CO[C@@H]6[C@H]5OC[C@H]6O)nc4c3F)cc2)cc1.O=S=O. The van der Waals surface area contributed by atoms with E-state index in [1.54, 1.807) is 12.1 Å². The minimum atomic E-state index is -0.766. The van der Waals surface area contributed by atoms with Crippen molar-refractivity contribution in [2.24, 2.45) is 0 Å². The Labute approximate surface area is 213 Å². The van der Waals surface area contributed by atoms with E-state index in [1.165, 1.54) is 6.07 Å². The van der Waals surface area contributed by atoms with Crippen molar-refractivity contribution in [2.45, 2.75) is 31.3 Å². The largest absolute Gasteiger partial charge is 0.456 e. The van der Waals surface area contributed by atoms with Gasteiger partial charge in [0.2, 0.25) is 0 Å². The number of hydrogen-bond acceptors (Lipinski definition) is 7. The summed E-state index contributed by atoms with van der Waals surface area (Å²) in [6.07, 6.45) is -2.12. The lowest BCUT2D eigenvalue weighted by molar-refractivity contribution is 0.00706. The number of benzene rings is 3. The number of imidazole rings is 1. The molecule has 11 heteroatoms. The number of aliphatic hydroxyl groups is 1. The molecule has 1 aromatic heterocycles. The predicted octanol–water partition coefficient (Wildman–Crippen LogP) is 3.72. The van der Waals surface area contributed by atoms with Crippen molar-refractivity contribution < 1.29 is 36.5 Å². The number of nitrogens with one attached hydrogen (secondary N) is 1. The maximum Gasteiger partial charge on any atom is 0.335 e. The third-order valence-corrected chi connectivity index (χ3v) is 6.45. The highest BCUT2D eigenvalue weighted by molar-refractivity contribution is 7.51. The van der Waals surface area contributed by atoms with E-state index in [9.17, 15) is 9.50 Å². The zero-order valence-corrected chi connectivity index (χ0v) is 20.3.